The molecule has 0 saturated heterocycles. The summed E-state index contributed by atoms with van der Waals surface area (Å²) < 4.78 is 3.26. The maximum absolute atomic E-state index is 13.3. The molecule has 0 unspecified atom stereocenters. The lowest BCUT2D eigenvalue weighted by atomic mass is 10.0. The van der Waals surface area contributed by atoms with E-state index in [9.17, 15) is 4.79 Å². The van der Waals surface area contributed by atoms with Gasteiger partial charge in [0, 0.05) is 29.5 Å². The van der Waals surface area contributed by atoms with Crippen LogP contribution in [0.15, 0.2) is 65.7 Å². The maximum atomic E-state index is 13.3. The molecule has 0 N–H and O–H groups in total. The molecule has 0 radical (unpaired) electrons. The number of benzene rings is 2. The number of hydrogen-bond donors (Lipinski definition) is 0. The van der Waals surface area contributed by atoms with E-state index in [1.165, 1.54) is 26.8 Å². The second kappa shape index (κ2) is 8.74. The number of aromatic nitrogens is 4. The van der Waals surface area contributed by atoms with Gasteiger partial charge in [0.15, 0.2) is 5.65 Å². The molecule has 8 heteroatoms. The van der Waals surface area contributed by atoms with E-state index in [-0.39, 0.29) is 13.1 Å². The number of rotatable bonds is 4. The molecule has 0 bridgehead atoms. The molecule has 168 valence electrons. The summed E-state index contributed by atoms with van der Waals surface area (Å²) >= 11 is 7.76. The SMILES string of the molecule is C.O=c1n(Cc2ccc(Cl)cc2)c2sc3c(c2c2ncnn12)CCN(Cc1ccccc1)C3. The second-order valence-electron chi connectivity index (χ2n) is 8.12. The highest BCUT2D eigenvalue weighted by atomic mass is 35.5. The molecular weight excluding hydrogens is 454 g/mol. The normalized spacial score (nSPS) is 13.8. The fourth-order valence-electron chi connectivity index (χ4n) is 4.50. The van der Waals surface area contributed by atoms with Crippen LogP contribution in [-0.4, -0.2) is 30.6 Å². The van der Waals surface area contributed by atoms with Crippen molar-refractivity contribution in [2.75, 3.05) is 6.54 Å². The molecular formula is C25H24ClN5OS. The number of thiophene rings is 1. The first-order valence-corrected chi connectivity index (χ1v) is 11.7. The molecule has 5 aromatic rings. The van der Waals surface area contributed by atoms with E-state index in [2.05, 4.69) is 39.2 Å². The van der Waals surface area contributed by atoms with E-state index in [1.807, 2.05) is 34.9 Å². The number of hydrogen-bond acceptors (Lipinski definition) is 5. The van der Waals surface area contributed by atoms with Crippen LogP contribution in [0.4, 0.5) is 0 Å². The van der Waals surface area contributed by atoms with Crippen LogP contribution in [0.3, 0.4) is 0 Å². The van der Waals surface area contributed by atoms with E-state index >= 15 is 0 Å². The molecule has 4 heterocycles. The van der Waals surface area contributed by atoms with Crippen LogP contribution in [0.5, 0.6) is 0 Å². The summed E-state index contributed by atoms with van der Waals surface area (Å²) in [5, 5.41) is 5.98. The molecule has 1 aliphatic rings. The van der Waals surface area contributed by atoms with Crippen LogP contribution in [0.25, 0.3) is 15.9 Å². The Labute approximate surface area is 200 Å². The van der Waals surface area contributed by atoms with E-state index in [4.69, 9.17) is 11.6 Å². The molecule has 2 aromatic carbocycles. The molecule has 1 aliphatic heterocycles. The summed E-state index contributed by atoms with van der Waals surface area (Å²) in [6, 6.07) is 18.2. The fraction of sp³-hybridized carbons (Fsp3) is 0.240. The Morgan fingerprint density at radius 3 is 2.55 bits per heavy atom. The van der Waals surface area contributed by atoms with Crippen molar-refractivity contribution in [3.8, 4) is 0 Å². The molecule has 0 atom stereocenters. The molecule has 0 spiro atoms. The van der Waals surface area contributed by atoms with Gasteiger partial charge in [-0.2, -0.15) is 9.61 Å². The van der Waals surface area contributed by atoms with Gasteiger partial charge in [0.25, 0.3) is 0 Å². The van der Waals surface area contributed by atoms with Gasteiger partial charge < -0.3 is 0 Å². The Kier molecular flexibility index (Phi) is 5.78. The van der Waals surface area contributed by atoms with Crippen LogP contribution in [0.1, 0.15) is 29.0 Å². The topological polar surface area (TPSA) is 55.4 Å². The van der Waals surface area contributed by atoms with Gasteiger partial charge in [0.05, 0.1) is 11.9 Å². The molecule has 0 amide bonds. The quantitative estimate of drug-likeness (QED) is 0.365. The summed E-state index contributed by atoms with van der Waals surface area (Å²) in [6.45, 7) is 3.24. The Hall–Kier alpha value is -3.00. The van der Waals surface area contributed by atoms with Gasteiger partial charge >= 0.3 is 5.69 Å². The Bertz CT molecular complexity index is 1490. The summed E-state index contributed by atoms with van der Waals surface area (Å²) in [7, 11) is 0. The van der Waals surface area contributed by atoms with Crippen LogP contribution < -0.4 is 5.69 Å². The Balaban J connectivity index is 0.00000228. The average Bonchev–Trinajstić information content (AvgIpc) is 3.43. The highest BCUT2D eigenvalue weighted by Gasteiger charge is 2.26. The third-order valence-electron chi connectivity index (χ3n) is 6.05. The maximum Gasteiger partial charge on any atom is 0.352 e. The van der Waals surface area contributed by atoms with Crippen molar-refractivity contribution in [3.05, 3.63) is 98.0 Å². The minimum atomic E-state index is -0.167. The predicted octanol–water partition coefficient (Wildman–Crippen LogP) is 5.00. The smallest absolute Gasteiger partial charge is 0.294 e. The largest absolute Gasteiger partial charge is 0.352 e. The highest BCUT2D eigenvalue weighted by Crippen LogP contribution is 2.37. The van der Waals surface area contributed by atoms with Gasteiger partial charge in [-0.05, 0) is 35.2 Å². The van der Waals surface area contributed by atoms with E-state index in [1.54, 1.807) is 11.3 Å². The predicted molar refractivity (Wildman–Crippen MR) is 134 cm³/mol. The molecule has 0 aliphatic carbocycles. The van der Waals surface area contributed by atoms with Crippen LogP contribution in [-0.2, 0) is 26.1 Å². The van der Waals surface area contributed by atoms with Gasteiger partial charge in [0.2, 0.25) is 0 Å². The zero-order valence-electron chi connectivity index (χ0n) is 17.2. The molecule has 0 saturated carbocycles. The van der Waals surface area contributed by atoms with E-state index < -0.39 is 0 Å². The summed E-state index contributed by atoms with van der Waals surface area (Å²) in [5.41, 5.74) is 4.13. The van der Waals surface area contributed by atoms with Crippen molar-refractivity contribution in [1.82, 2.24) is 24.1 Å². The second-order valence-corrected chi connectivity index (χ2v) is 9.64. The minimum absolute atomic E-state index is 0. The number of fused-ring (bicyclic) bond motifs is 5. The Morgan fingerprint density at radius 2 is 1.76 bits per heavy atom. The number of nitrogens with zero attached hydrogens (tertiary/aromatic N) is 5. The lowest BCUT2D eigenvalue weighted by Gasteiger charge is -2.26. The first-order chi connectivity index (χ1) is 15.7. The van der Waals surface area contributed by atoms with E-state index in [0.29, 0.717) is 17.2 Å². The van der Waals surface area contributed by atoms with Gasteiger partial charge in [0.1, 0.15) is 11.2 Å². The van der Waals surface area contributed by atoms with Crippen LogP contribution in [0, 0.1) is 0 Å². The zero-order chi connectivity index (χ0) is 21.7. The summed E-state index contributed by atoms with van der Waals surface area (Å²) in [4.78, 5) is 22.5. The van der Waals surface area contributed by atoms with E-state index in [0.717, 1.165) is 41.8 Å². The van der Waals surface area contributed by atoms with Gasteiger partial charge in [-0.3, -0.25) is 9.47 Å². The van der Waals surface area contributed by atoms with Crippen molar-refractivity contribution in [1.29, 1.82) is 0 Å². The van der Waals surface area contributed by atoms with Gasteiger partial charge in [-0.25, -0.2) is 9.78 Å². The monoisotopic (exact) mass is 477 g/mol. The third-order valence-corrected chi connectivity index (χ3v) is 7.54. The highest BCUT2D eigenvalue weighted by molar-refractivity contribution is 7.19. The van der Waals surface area contributed by atoms with Crippen molar-refractivity contribution < 1.29 is 0 Å². The molecule has 33 heavy (non-hydrogen) atoms. The summed E-state index contributed by atoms with van der Waals surface area (Å²) in [6.07, 6.45) is 2.40. The molecule has 3 aromatic heterocycles. The first-order valence-electron chi connectivity index (χ1n) is 10.5. The van der Waals surface area contributed by atoms with Crippen LogP contribution >= 0.6 is 22.9 Å². The van der Waals surface area contributed by atoms with Crippen molar-refractivity contribution in [2.45, 2.75) is 33.5 Å². The molecule has 6 nitrogen and oxygen atoms in total. The van der Waals surface area contributed by atoms with Gasteiger partial charge in [-0.1, -0.05) is 61.5 Å². The minimum Gasteiger partial charge on any atom is -0.294 e. The third kappa shape index (κ3) is 3.86. The lowest BCUT2D eigenvalue weighted by molar-refractivity contribution is 0.249. The first kappa shape index (κ1) is 21.8. The van der Waals surface area contributed by atoms with Crippen molar-refractivity contribution in [2.24, 2.45) is 0 Å². The van der Waals surface area contributed by atoms with Crippen molar-refractivity contribution >= 4 is 38.8 Å². The molecule has 6 rings (SSSR count). The number of halogens is 1. The van der Waals surface area contributed by atoms with Gasteiger partial charge in [-0.15, -0.1) is 11.3 Å². The van der Waals surface area contributed by atoms with Crippen LogP contribution in [0.2, 0.25) is 5.02 Å². The van der Waals surface area contributed by atoms with Crippen molar-refractivity contribution in [3.63, 3.8) is 0 Å². The lowest BCUT2D eigenvalue weighted by Crippen LogP contribution is -2.29. The average molecular weight is 478 g/mol. The summed E-state index contributed by atoms with van der Waals surface area (Å²) in [5.74, 6) is 0. The fourth-order valence-corrected chi connectivity index (χ4v) is 6.01. The Morgan fingerprint density at radius 1 is 1.00 bits per heavy atom. The standard InChI is InChI=1S/C24H20ClN5OS.CH4/c25-18-8-6-17(7-9-18)13-29-23-21(22-26-15-27-30(22)24(29)31)19-10-11-28(14-20(19)32-23)12-16-4-2-1-3-5-16;/h1-9,15H,10-14H2;1H4. The molecule has 0 fully saturated rings. The zero-order valence-corrected chi connectivity index (χ0v) is 18.8.